The molecule has 1 aliphatic rings. The minimum Gasteiger partial charge on any atom is -0.497 e. The third kappa shape index (κ3) is 5.09. The average Bonchev–Trinajstić information content (AvgIpc) is 2.68. The minimum absolute atomic E-state index is 0.126. The maximum Gasteiger partial charge on any atom is 0.227 e. The van der Waals surface area contributed by atoms with Crippen LogP contribution in [0.1, 0.15) is 18.2 Å². The van der Waals surface area contributed by atoms with Crippen molar-refractivity contribution < 1.29 is 9.53 Å². The van der Waals surface area contributed by atoms with Crippen LogP contribution < -0.4 is 15.0 Å². The molecule has 0 radical (unpaired) electrons. The number of carbonyl (C=O) groups excluding carboxylic acids is 1. The zero-order valence-corrected chi connectivity index (χ0v) is 16.2. The van der Waals surface area contributed by atoms with Crippen molar-refractivity contribution in [3.63, 3.8) is 0 Å². The van der Waals surface area contributed by atoms with Gasteiger partial charge in [-0.25, -0.2) is 4.98 Å². The Morgan fingerprint density at radius 2 is 1.85 bits per heavy atom. The standard InChI is InChI=1S/C20H27N5O2/c1-15-14-19(21-9-8-17-4-6-18(27-3)7-5-17)23-20(22-15)25-12-10-24(11-13-25)16(2)26/h4-7,14H,8-13H2,1-3H3,(H,21,22,23). The van der Waals surface area contributed by atoms with Crippen molar-refractivity contribution in [3.8, 4) is 5.75 Å². The van der Waals surface area contributed by atoms with Crippen LogP contribution in [0.2, 0.25) is 0 Å². The average molecular weight is 369 g/mol. The highest BCUT2D eigenvalue weighted by Gasteiger charge is 2.20. The molecule has 1 amide bonds. The van der Waals surface area contributed by atoms with Crippen molar-refractivity contribution in [2.75, 3.05) is 50.1 Å². The summed E-state index contributed by atoms with van der Waals surface area (Å²) in [6.45, 7) is 7.33. The molecule has 0 atom stereocenters. The topological polar surface area (TPSA) is 70.6 Å². The molecule has 1 N–H and O–H groups in total. The fourth-order valence-electron chi connectivity index (χ4n) is 3.13. The third-order valence-electron chi connectivity index (χ3n) is 4.73. The van der Waals surface area contributed by atoms with Crippen molar-refractivity contribution in [2.24, 2.45) is 0 Å². The summed E-state index contributed by atoms with van der Waals surface area (Å²) >= 11 is 0. The Kier molecular flexibility index (Phi) is 6.11. The van der Waals surface area contributed by atoms with E-state index in [4.69, 9.17) is 4.74 Å². The van der Waals surface area contributed by atoms with Gasteiger partial charge >= 0.3 is 0 Å². The van der Waals surface area contributed by atoms with E-state index in [-0.39, 0.29) is 5.91 Å². The first-order valence-electron chi connectivity index (χ1n) is 9.28. The maximum absolute atomic E-state index is 11.5. The van der Waals surface area contributed by atoms with Crippen LogP contribution >= 0.6 is 0 Å². The molecule has 2 heterocycles. The van der Waals surface area contributed by atoms with E-state index in [9.17, 15) is 4.79 Å². The van der Waals surface area contributed by atoms with E-state index in [0.29, 0.717) is 13.1 Å². The summed E-state index contributed by atoms with van der Waals surface area (Å²) < 4.78 is 5.19. The molecule has 0 unspecified atom stereocenters. The number of rotatable bonds is 6. The van der Waals surface area contributed by atoms with E-state index in [1.165, 1.54) is 5.56 Å². The number of piperazine rings is 1. The van der Waals surface area contributed by atoms with E-state index < -0.39 is 0 Å². The van der Waals surface area contributed by atoms with Crippen LogP contribution in [0.4, 0.5) is 11.8 Å². The molecular weight excluding hydrogens is 342 g/mol. The Balaban J connectivity index is 1.57. The Morgan fingerprint density at radius 1 is 1.15 bits per heavy atom. The van der Waals surface area contributed by atoms with Gasteiger partial charge in [0, 0.05) is 51.4 Å². The number of carbonyl (C=O) groups is 1. The second-order valence-electron chi connectivity index (χ2n) is 6.71. The van der Waals surface area contributed by atoms with Crippen molar-refractivity contribution in [1.82, 2.24) is 14.9 Å². The predicted molar refractivity (Wildman–Crippen MR) is 106 cm³/mol. The fraction of sp³-hybridized carbons (Fsp3) is 0.450. The molecule has 27 heavy (non-hydrogen) atoms. The normalized spacial score (nSPS) is 14.2. The zero-order valence-electron chi connectivity index (χ0n) is 16.2. The van der Waals surface area contributed by atoms with Gasteiger partial charge in [0.05, 0.1) is 7.11 Å². The van der Waals surface area contributed by atoms with E-state index >= 15 is 0 Å². The molecule has 1 fully saturated rings. The number of hydrogen-bond donors (Lipinski definition) is 1. The highest BCUT2D eigenvalue weighted by Crippen LogP contribution is 2.16. The molecule has 7 heteroatoms. The van der Waals surface area contributed by atoms with Gasteiger partial charge in [0.1, 0.15) is 11.6 Å². The van der Waals surface area contributed by atoms with Gasteiger partial charge in [-0.2, -0.15) is 4.98 Å². The number of benzene rings is 1. The molecule has 1 aliphatic heterocycles. The van der Waals surface area contributed by atoms with Crippen LogP contribution in [0.15, 0.2) is 30.3 Å². The van der Waals surface area contributed by atoms with Gasteiger partial charge in [0.2, 0.25) is 11.9 Å². The lowest BCUT2D eigenvalue weighted by atomic mass is 10.1. The van der Waals surface area contributed by atoms with Crippen molar-refractivity contribution in [3.05, 3.63) is 41.6 Å². The van der Waals surface area contributed by atoms with Crippen LogP contribution in [0.3, 0.4) is 0 Å². The Labute approximate surface area is 160 Å². The molecule has 0 spiro atoms. The molecule has 1 saturated heterocycles. The molecule has 144 valence electrons. The summed E-state index contributed by atoms with van der Waals surface area (Å²) in [6, 6.07) is 10.1. The van der Waals surface area contributed by atoms with Gasteiger partial charge in [0.15, 0.2) is 0 Å². The van der Waals surface area contributed by atoms with Gasteiger partial charge in [-0.15, -0.1) is 0 Å². The van der Waals surface area contributed by atoms with Crippen molar-refractivity contribution >= 4 is 17.7 Å². The zero-order chi connectivity index (χ0) is 19.2. The van der Waals surface area contributed by atoms with E-state index in [2.05, 4.69) is 32.3 Å². The van der Waals surface area contributed by atoms with Gasteiger partial charge < -0.3 is 19.9 Å². The van der Waals surface area contributed by atoms with Crippen LogP contribution in [-0.2, 0) is 11.2 Å². The minimum atomic E-state index is 0.126. The SMILES string of the molecule is COc1ccc(CCNc2cc(C)nc(N3CCN(C(C)=O)CC3)n2)cc1. The number of amides is 1. The van der Waals surface area contributed by atoms with Gasteiger partial charge in [-0.3, -0.25) is 4.79 Å². The first kappa shape index (κ1) is 18.9. The van der Waals surface area contributed by atoms with E-state index in [0.717, 1.165) is 49.3 Å². The lowest BCUT2D eigenvalue weighted by Crippen LogP contribution is -2.48. The van der Waals surface area contributed by atoms with Crippen molar-refractivity contribution in [1.29, 1.82) is 0 Å². The second-order valence-corrected chi connectivity index (χ2v) is 6.71. The number of ether oxygens (including phenoxy) is 1. The molecule has 2 aromatic rings. The second kappa shape index (κ2) is 8.70. The van der Waals surface area contributed by atoms with E-state index in [1.54, 1.807) is 14.0 Å². The quantitative estimate of drug-likeness (QED) is 0.841. The first-order chi connectivity index (χ1) is 13.0. The Bertz CT molecular complexity index is 770. The first-order valence-corrected chi connectivity index (χ1v) is 9.28. The van der Waals surface area contributed by atoms with Gasteiger partial charge in [-0.05, 0) is 31.0 Å². The molecule has 1 aromatic carbocycles. The number of nitrogens with one attached hydrogen (secondary N) is 1. The van der Waals surface area contributed by atoms with Crippen LogP contribution in [-0.4, -0.2) is 60.6 Å². The summed E-state index contributed by atoms with van der Waals surface area (Å²) in [5.74, 6) is 2.55. The Hall–Kier alpha value is -2.83. The summed E-state index contributed by atoms with van der Waals surface area (Å²) in [4.78, 5) is 24.7. The van der Waals surface area contributed by atoms with Gasteiger partial charge in [0.25, 0.3) is 0 Å². The maximum atomic E-state index is 11.5. The van der Waals surface area contributed by atoms with Gasteiger partial charge in [-0.1, -0.05) is 12.1 Å². The molecule has 0 bridgehead atoms. The lowest BCUT2D eigenvalue weighted by Gasteiger charge is -2.34. The number of methoxy groups -OCH3 is 1. The van der Waals surface area contributed by atoms with Crippen molar-refractivity contribution in [2.45, 2.75) is 20.3 Å². The van der Waals surface area contributed by atoms with E-state index in [1.807, 2.05) is 30.0 Å². The number of anilines is 2. The monoisotopic (exact) mass is 369 g/mol. The largest absolute Gasteiger partial charge is 0.497 e. The highest BCUT2D eigenvalue weighted by molar-refractivity contribution is 5.73. The molecule has 0 saturated carbocycles. The molecule has 7 nitrogen and oxygen atoms in total. The molecule has 1 aromatic heterocycles. The number of aryl methyl sites for hydroxylation is 1. The third-order valence-corrected chi connectivity index (χ3v) is 4.73. The highest BCUT2D eigenvalue weighted by atomic mass is 16.5. The molecular formula is C20H27N5O2. The smallest absolute Gasteiger partial charge is 0.227 e. The van der Waals surface area contributed by atoms with Crippen LogP contribution in [0.5, 0.6) is 5.75 Å². The number of hydrogen-bond acceptors (Lipinski definition) is 6. The fourth-order valence-corrected chi connectivity index (χ4v) is 3.13. The number of nitrogens with zero attached hydrogens (tertiary/aromatic N) is 4. The Morgan fingerprint density at radius 3 is 2.48 bits per heavy atom. The summed E-state index contributed by atoms with van der Waals surface area (Å²) in [7, 11) is 1.67. The lowest BCUT2D eigenvalue weighted by molar-refractivity contribution is -0.129. The summed E-state index contributed by atoms with van der Waals surface area (Å²) in [5.41, 5.74) is 2.18. The molecule has 0 aliphatic carbocycles. The summed E-state index contributed by atoms with van der Waals surface area (Å²) in [6.07, 6.45) is 0.902. The van der Waals surface area contributed by atoms with Crippen LogP contribution in [0, 0.1) is 6.92 Å². The number of aromatic nitrogens is 2. The predicted octanol–water partition coefficient (Wildman–Crippen LogP) is 2.12. The summed E-state index contributed by atoms with van der Waals surface area (Å²) in [5, 5.41) is 3.40. The molecule has 3 rings (SSSR count). The van der Waals surface area contributed by atoms with Crippen LogP contribution in [0.25, 0.3) is 0 Å².